The third-order valence-electron chi connectivity index (χ3n) is 4.23. The predicted molar refractivity (Wildman–Crippen MR) is 105 cm³/mol. The van der Waals surface area contributed by atoms with Crippen LogP contribution in [-0.4, -0.2) is 54.2 Å². The highest BCUT2D eigenvalue weighted by atomic mass is 16.6. The van der Waals surface area contributed by atoms with Gasteiger partial charge in [-0.1, -0.05) is 42.5 Å². The molecular weight excluding hydrogens is 360 g/mol. The number of methoxy groups -OCH3 is 1. The highest BCUT2D eigenvalue weighted by Crippen LogP contribution is 2.17. The lowest BCUT2D eigenvalue weighted by Gasteiger charge is -2.31. The zero-order chi connectivity index (χ0) is 20.7. The number of carbonyl (C=O) groups excluding carboxylic acids is 3. The molecule has 0 aromatic heterocycles. The first kappa shape index (κ1) is 21.5. The maximum atomic E-state index is 13.1. The molecule has 1 aliphatic heterocycles. The quantitative estimate of drug-likeness (QED) is 0.619. The van der Waals surface area contributed by atoms with Gasteiger partial charge >= 0.3 is 12.1 Å². The molecule has 2 atom stereocenters. The second-order valence-corrected chi connectivity index (χ2v) is 7.63. The summed E-state index contributed by atoms with van der Waals surface area (Å²) >= 11 is 0. The molecule has 2 rings (SSSR count). The molecule has 0 saturated heterocycles. The van der Waals surface area contributed by atoms with Crippen LogP contribution in [0.2, 0.25) is 0 Å². The van der Waals surface area contributed by atoms with Crippen LogP contribution in [-0.2, 0) is 25.5 Å². The summed E-state index contributed by atoms with van der Waals surface area (Å²) in [7, 11) is 1.30. The Morgan fingerprint density at radius 2 is 1.89 bits per heavy atom. The standard InChI is InChI=1S/C21H28N2O5/c1-21(2,3)28-20(26)22-16-12-8-9-13-23(18(16)24)17(19(25)27-4)14-15-10-6-5-7-11-15/h5-11,16-17H,12-14H2,1-4H3,(H,22,26)/t16?,17-/m0/s1. The first-order valence-corrected chi connectivity index (χ1v) is 9.28. The average Bonchev–Trinajstić information content (AvgIpc) is 2.80. The van der Waals surface area contributed by atoms with Gasteiger partial charge in [0.25, 0.3) is 0 Å². The number of nitrogens with zero attached hydrogens (tertiary/aromatic N) is 1. The third kappa shape index (κ3) is 6.11. The summed E-state index contributed by atoms with van der Waals surface area (Å²) in [6, 6.07) is 7.83. The van der Waals surface area contributed by atoms with Gasteiger partial charge in [0.1, 0.15) is 17.7 Å². The smallest absolute Gasteiger partial charge is 0.408 e. The van der Waals surface area contributed by atoms with E-state index < -0.39 is 29.7 Å². The summed E-state index contributed by atoms with van der Waals surface area (Å²) < 4.78 is 10.2. The van der Waals surface area contributed by atoms with Gasteiger partial charge in [-0.2, -0.15) is 0 Å². The lowest BCUT2D eigenvalue weighted by molar-refractivity contribution is -0.153. The van der Waals surface area contributed by atoms with E-state index in [9.17, 15) is 14.4 Å². The van der Waals surface area contributed by atoms with Gasteiger partial charge in [0.2, 0.25) is 5.91 Å². The number of esters is 1. The number of amides is 2. The number of rotatable bonds is 5. The molecule has 7 nitrogen and oxygen atoms in total. The number of ether oxygens (including phenoxy) is 2. The van der Waals surface area contributed by atoms with Gasteiger partial charge in [0.05, 0.1) is 7.11 Å². The summed E-state index contributed by atoms with van der Waals surface area (Å²) in [5.74, 6) is -0.842. The van der Waals surface area contributed by atoms with Crippen molar-refractivity contribution < 1.29 is 23.9 Å². The average molecular weight is 388 g/mol. The lowest BCUT2D eigenvalue weighted by Crippen LogP contribution is -2.54. The fourth-order valence-electron chi connectivity index (χ4n) is 2.96. The Kier molecular flexibility index (Phi) is 7.20. The molecule has 0 aliphatic carbocycles. The van der Waals surface area contributed by atoms with E-state index in [0.717, 1.165) is 5.56 Å². The maximum Gasteiger partial charge on any atom is 0.408 e. The molecule has 2 amide bonds. The molecule has 28 heavy (non-hydrogen) atoms. The Morgan fingerprint density at radius 1 is 1.21 bits per heavy atom. The molecule has 7 heteroatoms. The molecule has 1 aromatic carbocycles. The molecule has 1 heterocycles. The molecule has 152 valence electrons. The molecule has 0 bridgehead atoms. The van der Waals surface area contributed by atoms with E-state index in [0.29, 0.717) is 12.8 Å². The summed E-state index contributed by atoms with van der Waals surface area (Å²) in [5, 5.41) is 2.62. The van der Waals surface area contributed by atoms with Crippen LogP contribution in [0.5, 0.6) is 0 Å². The maximum absolute atomic E-state index is 13.1. The van der Waals surface area contributed by atoms with Crippen LogP contribution in [0.4, 0.5) is 4.79 Å². The Balaban J connectivity index is 2.20. The first-order chi connectivity index (χ1) is 13.2. The Labute approximate surface area is 165 Å². The van der Waals surface area contributed by atoms with Crippen molar-refractivity contribution >= 4 is 18.0 Å². The normalized spacial score (nSPS) is 18.2. The van der Waals surface area contributed by atoms with Crippen molar-refractivity contribution in [2.24, 2.45) is 0 Å². The fourth-order valence-corrected chi connectivity index (χ4v) is 2.96. The van der Waals surface area contributed by atoms with Crippen molar-refractivity contribution in [3.63, 3.8) is 0 Å². The van der Waals surface area contributed by atoms with E-state index in [2.05, 4.69) is 5.32 Å². The summed E-state index contributed by atoms with van der Waals surface area (Å²) in [6.07, 6.45) is 3.62. The molecule has 1 unspecified atom stereocenters. The van der Waals surface area contributed by atoms with Gasteiger partial charge < -0.3 is 19.7 Å². The van der Waals surface area contributed by atoms with Crippen molar-refractivity contribution in [1.82, 2.24) is 10.2 Å². The van der Waals surface area contributed by atoms with E-state index in [-0.39, 0.29) is 12.5 Å². The Morgan fingerprint density at radius 3 is 2.50 bits per heavy atom. The van der Waals surface area contributed by atoms with Crippen LogP contribution in [0.15, 0.2) is 42.5 Å². The highest BCUT2D eigenvalue weighted by molar-refractivity contribution is 5.90. The minimum absolute atomic E-state index is 0.262. The lowest BCUT2D eigenvalue weighted by atomic mass is 10.0. The van der Waals surface area contributed by atoms with Gasteiger partial charge in [0.15, 0.2) is 0 Å². The second-order valence-electron chi connectivity index (χ2n) is 7.63. The van der Waals surface area contributed by atoms with E-state index in [1.807, 2.05) is 42.5 Å². The highest BCUT2D eigenvalue weighted by Gasteiger charge is 2.36. The minimum Gasteiger partial charge on any atom is -0.467 e. The number of carbonyl (C=O) groups is 3. The van der Waals surface area contributed by atoms with Crippen molar-refractivity contribution in [3.8, 4) is 0 Å². The zero-order valence-electron chi connectivity index (χ0n) is 16.8. The van der Waals surface area contributed by atoms with Gasteiger partial charge in [-0.3, -0.25) is 4.79 Å². The van der Waals surface area contributed by atoms with Crippen LogP contribution < -0.4 is 5.32 Å². The van der Waals surface area contributed by atoms with Crippen LogP contribution in [0.25, 0.3) is 0 Å². The number of hydrogen-bond acceptors (Lipinski definition) is 5. The van der Waals surface area contributed by atoms with Gasteiger partial charge in [0, 0.05) is 13.0 Å². The second kappa shape index (κ2) is 9.39. The SMILES string of the molecule is COC(=O)[C@H](Cc1ccccc1)N1CC=CCC(NC(=O)OC(C)(C)C)C1=O. The fraction of sp³-hybridized carbons (Fsp3) is 0.476. The first-order valence-electron chi connectivity index (χ1n) is 9.28. The van der Waals surface area contributed by atoms with Crippen LogP contribution >= 0.6 is 0 Å². The molecule has 1 aliphatic rings. The van der Waals surface area contributed by atoms with E-state index >= 15 is 0 Å². The van der Waals surface area contributed by atoms with Crippen molar-refractivity contribution in [2.45, 2.75) is 51.3 Å². The predicted octanol–water partition coefficient (Wildman–Crippen LogP) is 2.45. The monoisotopic (exact) mass is 388 g/mol. The van der Waals surface area contributed by atoms with E-state index in [4.69, 9.17) is 9.47 Å². The summed E-state index contributed by atoms with van der Waals surface area (Å²) in [6.45, 7) is 5.51. The van der Waals surface area contributed by atoms with Crippen molar-refractivity contribution in [1.29, 1.82) is 0 Å². The molecule has 0 saturated carbocycles. The van der Waals surface area contributed by atoms with Gasteiger partial charge in [-0.05, 0) is 32.8 Å². The molecule has 0 fully saturated rings. The Hall–Kier alpha value is -2.83. The van der Waals surface area contributed by atoms with Crippen LogP contribution in [0.3, 0.4) is 0 Å². The summed E-state index contributed by atoms with van der Waals surface area (Å²) in [5.41, 5.74) is 0.241. The van der Waals surface area contributed by atoms with E-state index in [1.54, 1.807) is 20.8 Å². The number of nitrogens with one attached hydrogen (secondary N) is 1. The zero-order valence-corrected chi connectivity index (χ0v) is 16.8. The molecule has 0 spiro atoms. The topological polar surface area (TPSA) is 84.9 Å². The molecule has 1 aromatic rings. The minimum atomic E-state index is -0.809. The largest absolute Gasteiger partial charge is 0.467 e. The van der Waals surface area contributed by atoms with Crippen molar-refractivity contribution in [2.75, 3.05) is 13.7 Å². The Bertz CT molecular complexity index is 724. The third-order valence-corrected chi connectivity index (χ3v) is 4.23. The van der Waals surface area contributed by atoms with Crippen LogP contribution in [0.1, 0.15) is 32.8 Å². The van der Waals surface area contributed by atoms with E-state index in [1.165, 1.54) is 12.0 Å². The molecule has 0 radical (unpaired) electrons. The van der Waals surface area contributed by atoms with Gasteiger partial charge in [-0.15, -0.1) is 0 Å². The number of alkyl carbamates (subject to hydrolysis) is 1. The summed E-state index contributed by atoms with van der Waals surface area (Å²) in [4.78, 5) is 39.1. The molecule has 1 N–H and O–H groups in total. The molecular formula is C21H28N2O5. The van der Waals surface area contributed by atoms with Gasteiger partial charge in [-0.25, -0.2) is 9.59 Å². The van der Waals surface area contributed by atoms with Crippen LogP contribution in [0, 0.1) is 0 Å². The number of benzene rings is 1. The van der Waals surface area contributed by atoms with Crippen molar-refractivity contribution in [3.05, 3.63) is 48.0 Å². The number of hydrogen-bond donors (Lipinski definition) is 1.